The van der Waals surface area contributed by atoms with Crippen molar-refractivity contribution in [2.75, 3.05) is 13.2 Å². The standard InChI is InChI=1S/C60H106O6/c1-4-7-10-13-16-19-22-24-26-28-29-30-32-33-35-38-41-44-47-50-53-59(62)65-56-57(55-64-58(61)52-49-46-43-40-37-21-18-15-12-9-6-3)66-60(63)54-51-48-45-42-39-36-34-31-27-25-23-20-17-14-11-8-5-2/h8,11,15,17-18,20,25,27,34,36,57H,4-7,9-10,12-14,16,19,21-24,26,28-33,35,37-56H2,1-3H3/b11-8-,18-15-,20-17-,27-25-,36-34-. The third kappa shape index (κ3) is 52.1. The van der Waals surface area contributed by atoms with Crippen LogP contribution in [0.15, 0.2) is 60.8 Å². The minimum atomic E-state index is -0.788. The molecule has 1 unspecified atom stereocenters. The molecule has 382 valence electrons. The molecule has 0 N–H and O–H groups in total. The number of ether oxygens (including phenoxy) is 3. The van der Waals surface area contributed by atoms with E-state index in [0.717, 1.165) is 103 Å². The molecule has 0 amide bonds. The highest BCUT2D eigenvalue weighted by Gasteiger charge is 2.19. The van der Waals surface area contributed by atoms with Crippen molar-refractivity contribution in [2.45, 2.75) is 290 Å². The van der Waals surface area contributed by atoms with E-state index < -0.39 is 6.10 Å². The van der Waals surface area contributed by atoms with E-state index in [-0.39, 0.29) is 31.1 Å². The van der Waals surface area contributed by atoms with Crippen LogP contribution in [0.25, 0.3) is 0 Å². The van der Waals surface area contributed by atoms with Gasteiger partial charge in [0.25, 0.3) is 0 Å². The minimum absolute atomic E-state index is 0.0845. The maximum absolute atomic E-state index is 12.8. The molecule has 0 aliphatic heterocycles. The molecule has 0 aromatic heterocycles. The van der Waals surface area contributed by atoms with Gasteiger partial charge in [-0.3, -0.25) is 14.4 Å². The number of allylic oxidation sites excluding steroid dienone is 10. The number of carbonyl (C=O) groups excluding carboxylic acids is 3. The summed E-state index contributed by atoms with van der Waals surface area (Å²) in [6.07, 6.45) is 67.9. The third-order valence-corrected chi connectivity index (χ3v) is 12.3. The topological polar surface area (TPSA) is 78.9 Å². The van der Waals surface area contributed by atoms with Crippen molar-refractivity contribution in [1.82, 2.24) is 0 Å². The van der Waals surface area contributed by atoms with Gasteiger partial charge in [0.05, 0.1) is 0 Å². The molecule has 0 aliphatic rings. The first-order valence-corrected chi connectivity index (χ1v) is 28.3. The Balaban J connectivity index is 4.33. The number of unbranched alkanes of at least 4 members (excludes halogenated alkanes) is 30. The number of carbonyl (C=O) groups is 3. The van der Waals surface area contributed by atoms with Crippen LogP contribution < -0.4 is 0 Å². The molecule has 6 heteroatoms. The lowest BCUT2D eigenvalue weighted by molar-refractivity contribution is -0.167. The molecule has 0 aromatic carbocycles. The Labute approximate surface area is 409 Å². The fourth-order valence-corrected chi connectivity index (χ4v) is 8.00. The highest BCUT2D eigenvalue weighted by Crippen LogP contribution is 2.16. The van der Waals surface area contributed by atoms with E-state index >= 15 is 0 Å². The predicted octanol–water partition coefficient (Wildman–Crippen LogP) is 18.8. The molecule has 0 aromatic rings. The van der Waals surface area contributed by atoms with Gasteiger partial charge in [0, 0.05) is 19.3 Å². The first-order chi connectivity index (χ1) is 32.5. The van der Waals surface area contributed by atoms with Crippen molar-refractivity contribution < 1.29 is 28.6 Å². The Kier molecular flexibility index (Phi) is 52.3. The molecule has 0 rings (SSSR count). The molecule has 1 atom stereocenters. The van der Waals surface area contributed by atoms with E-state index in [1.807, 2.05) is 0 Å². The van der Waals surface area contributed by atoms with Crippen LogP contribution >= 0.6 is 0 Å². The van der Waals surface area contributed by atoms with Crippen molar-refractivity contribution >= 4 is 17.9 Å². The van der Waals surface area contributed by atoms with Gasteiger partial charge in [-0.1, -0.05) is 248 Å². The highest BCUT2D eigenvalue weighted by atomic mass is 16.6. The molecule has 66 heavy (non-hydrogen) atoms. The van der Waals surface area contributed by atoms with E-state index in [1.54, 1.807) is 0 Å². The Morgan fingerprint density at radius 1 is 0.318 bits per heavy atom. The highest BCUT2D eigenvalue weighted by molar-refractivity contribution is 5.71. The zero-order chi connectivity index (χ0) is 47.9. The lowest BCUT2D eigenvalue weighted by Gasteiger charge is -2.18. The Morgan fingerprint density at radius 3 is 0.985 bits per heavy atom. The summed E-state index contributed by atoms with van der Waals surface area (Å²) >= 11 is 0. The maximum Gasteiger partial charge on any atom is 0.306 e. The SMILES string of the molecule is CC/C=C\C/C=C\C/C=C\C/C=C\CCCCCCC(=O)OC(COC(=O)CCCCCCC/C=C\CCCC)COC(=O)CCCCCCCCCCCCCCCCCCCCCC. The summed E-state index contributed by atoms with van der Waals surface area (Å²) in [6.45, 7) is 6.49. The van der Waals surface area contributed by atoms with Crippen LogP contribution in [0.3, 0.4) is 0 Å². The average Bonchev–Trinajstić information content (AvgIpc) is 3.31. The summed E-state index contributed by atoms with van der Waals surface area (Å²) in [7, 11) is 0. The van der Waals surface area contributed by atoms with Crippen LogP contribution in [0.5, 0.6) is 0 Å². The zero-order valence-corrected chi connectivity index (χ0v) is 43.7. The van der Waals surface area contributed by atoms with Gasteiger partial charge < -0.3 is 14.2 Å². The molecule has 6 nitrogen and oxygen atoms in total. The second-order valence-corrected chi connectivity index (χ2v) is 18.8. The van der Waals surface area contributed by atoms with E-state index in [4.69, 9.17) is 14.2 Å². The van der Waals surface area contributed by atoms with Gasteiger partial charge >= 0.3 is 17.9 Å². The van der Waals surface area contributed by atoms with Gasteiger partial charge in [-0.05, 0) is 77.0 Å². The predicted molar refractivity (Wildman–Crippen MR) is 284 cm³/mol. The van der Waals surface area contributed by atoms with Crippen LogP contribution in [0.4, 0.5) is 0 Å². The molecular weight excluding hydrogens is 817 g/mol. The van der Waals surface area contributed by atoms with Crippen LogP contribution in [0.1, 0.15) is 284 Å². The van der Waals surface area contributed by atoms with Gasteiger partial charge in [0.1, 0.15) is 13.2 Å². The molecule has 0 bridgehead atoms. The molecule has 0 heterocycles. The van der Waals surface area contributed by atoms with E-state index in [2.05, 4.69) is 81.5 Å². The number of hydrogen-bond acceptors (Lipinski definition) is 6. The first-order valence-electron chi connectivity index (χ1n) is 28.3. The maximum atomic E-state index is 12.8. The van der Waals surface area contributed by atoms with Crippen molar-refractivity contribution in [3.8, 4) is 0 Å². The first kappa shape index (κ1) is 63.1. The zero-order valence-electron chi connectivity index (χ0n) is 43.7. The smallest absolute Gasteiger partial charge is 0.306 e. The summed E-state index contributed by atoms with van der Waals surface area (Å²) < 4.78 is 16.8. The van der Waals surface area contributed by atoms with E-state index in [1.165, 1.54) is 141 Å². The van der Waals surface area contributed by atoms with Crippen molar-refractivity contribution in [2.24, 2.45) is 0 Å². The second-order valence-electron chi connectivity index (χ2n) is 18.8. The average molecular weight is 924 g/mol. The van der Waals surface area contributed by atoms with Crippen LogP contribution in [0, 0.1) is 0 Å². The van der Waals surface area contributed by atoms with Crippen molar-refractivity contribution in [3.05, 3.63) is 60.8 Å². The van der Waals surface area contributed by atoms with Crippen molar-refractivity contribution in [1.29, 1.82) is 0 Å². The quantitative estimate of drug-likeness (QED) is 0.0262. The number of esters is 3. The normalized spacial score (nSPS) is 12.5. The van der Waals surface area contributed by atoms with E-state index in [0.29, 0.717) is 19.3 Å². The molecule has 0 radical (unpaired) electrons. The molecule has 0 fully saturated rings. The molecule has 0 saturated heterocycles. The Hall–Kier alpha value is -2.89. The molecule has 0 aliphatic carbocycles. The van der Waals surface area contributed by atoms with Crippen molar-refractivity contribution in [3.63, 3.8) is 0 Å². The molecular formula is C60H106O6. The second kappa shape index (κ2) is 54.7. The lowest BCUT2D eigenvalue weighted by Crippen LogP contribution is -2.30. The summed E-state index contributed by atoms with van der Waals surface area (Å²) in [5.74, 6) is -0.909. The summed E-state index contributed by atoms with van der Waals surface area (Å²) in [5, 5.41) is 0. The Morgan fingerprint density at radius 2 is 0.606 bits per heavy atom. The molecule has 0 spiro atoms. The molecule has 0 saturated carbocycles. The van der Waals surface area contributed by atoms with Crippen LogP contribution in [-0.2, 0) is 28.6 Å². The minimum Gasteiger partial charge on any atom is -0.462 e. The van der Waals surface area contributed by atoms with Crippen LogP contribution in [0.2, 0.25) is 0 Å². The summed E-state index contributed by atoms with van der Waals surface area (Å²) in [4.78, 5) is 38.1. The van der Waals surface area contributed by atoms with Gasteiger partial charge in [-0.2, -0.15) is 0 Å². The van der Waals surface area contributed by atoms with Gasteiger partial charge in [-0.15, -0.1) is 0 Å². The number of rotatable bonds is 51. The fourth-order valence-electron chi connectivity index (χ4n) is 8.00. The lowest BCUT2D eigenvalue weighted by atomic mass is 10.0. The van der Waals surface area contributed by atoms with Gasteiger partial charge in [0.15, 0.2) is 6.10 Å². The third-order valence-electron chi connectivity index (χ3n) is 12.3. The Bertz CT molecular complexity index is 1200. The monoisotopic (exact) mass is 923 g/mol. The summed E-state index contributed by atoms with van der Waals surface area (Å²) in [5.41, 5.74) is 0. The van der Waals surface area contributed by atoms with E-state index in [9.17, 15) is 14.4 Å². The fraction of sp³-hybridized carbons (Fsp3) is 0.783. The van der Waals surface area contributed by atoms with Crippen LogP contribution in [-0.4, -0.2) is 37.2 Å². The summed E-state index contributed by atoms with van der Waals surface area (Å²) in [6, 6.07) is 0. The largest absolute Gasteiger partial charge is 0.462 e. The van der Waals surface area contributed by atoms with Gasteiger partial charge in [0.2, 0.25) is 0 Å². The van der Waals surface area contributed by atoms with Gasteiger partial charge in [-0.25, -0.2) is 0 Å². The number of hydrogen-bond donors (Lipinski definition) is 0.